The van der Waals surface area contributed by atoms with Crippen molar-refractivity contribution in [3.05, 3.63) is 35.9 Å². The maximum atomic E-state index is 12.7. The summed E-state index contributed by atoms with van der Waals surface area (Å²) < 4.78 is 0. The second kappa shape index (κ2) is 10.9. The lowest BCUT2D eigenvalue weighted by Crippen LogP contribution is -2.51. The van der Waals surface area contributed by atoms with Crippen molar-refractivity contribution in [1.82, 2.24) is 15.5 Å². The van der Waals surface area contributed by atoms with Gasteiger partial charge in [0.2, 0.25) is 5.91 Å². The van der Waals surface area contributed by atoms with E-state index in [1.54, 1.807) is 11.9 Å². The number of guanidine groups is 1. The van der Waals surface area contributed by atoms with E-state index in [4.69, 9.17) is 0 Å². The van der Waals surface area contributed by atoms with Gasteiger partial charge in [-0.1, -0.05) is 50.1 Å². The molecule has 0 radical (unpaired) electrons. The summed E-state index contributed by atoms with van der Waals surface area (Å²) in [6.07, 6.45) is 4.14. The molecular weight excluding hydrogens is 451 g/mol. The highest BCUT2D eigenvalue weighted by atomic mass is 127. The van der Waals surface area contributed by atoms with Crippen LogP contribution in [-0.4, -0.2) is 50.5 Å². The lowest BCUT2D eigenvalue weighted by Gasteiger charge is -2.32. The average Bonchev–Trinajstić information content (AvgIpc) is 3.14. The fourth-order valence-electron chi connectivity index (χ4n) is 3.83. The molecular formula is C21H35IN4O. The highest BCUT2D eigenvalue weighted by Gasteiger charge is 2.42. The first-order valence-electron chi connectivity index (χ1n) is 9.63. The smallest absolute Gasteiger partial charge is 0.230 e. The maximum Gasteiger partial charge on any atom is 0.230 e. The second-order valence-electron chi connectivity index (χ2n) is 7.75. The van der Waals surface area contributed by atoms with Crippen LogP contribution in [0.5, 0.6) is 0 Å². The number of rotatable bonds is 6. The van der Waals surface area contributed by atoms with Gasteiger partial charge in [-0.15, -0.1) is 24.0 Å². The zero-order chi connectivity index (χ0) is 19.2. The molecule has 6 heteroatoms. The largest absolute Gasteiger partial charge is 0.355 e. The summed E-state index contributed by atoms with van der Waals surface area (Å²) in [6, 6.07) is 10.7. The Bertz CT molecular complexity index is 612. The summed E-state index contributed by atoms with van der Waals surface area (Å²) in [5.74, 6) is 1.35. The molecule has 2 rings (SSSR count). The Morgan fingerprint density at radius 1 is 1.19 bits per heavy atom. The SMILES string of the molecule is CN=C(NCC1(C(=O)N(C)C)CCCC1)NC(C)C(C)c1ccccc1.I. The van der Waals surface area contributed by atoms with Crippen LogP contribution in [0.4, 0.5) is 0 Å². The van der Waals surface area contributed by atoms with Gasteiger partial charge in [0.1, 0.15) is 0 Å². The van der Waals surface area contributed by atoms with Crippen LogP contribution in [0, 0.1) is 5.41 Å². The number of halogens is 1. The van der Waals surface area contributed by atoms with Crippen molar-refractivity contribution in [3.63, 3.8) is 0 Å². The first-order chi connectivity index (χ1) is 12.4. The molecule has 2 unspecified atom stereocenters. The number of benzene rings is 1. The van der Waals surface area contributed by atoms with Gasteiger partial charge < -0.3 is 15.5 Å². The first-order valence-corrected chi connectivity index (χ1v) is 9.63. The number of carbonyl (C=O) groups is 1. The third kappa shape index (κ3) is 6.09. The van der Waals surface area contributed by atoms with Crippen molar-refractivity contribution in [3.8, 4) is 0 Å². The summed E-state index contributed by atoms with van der Waals surface area (Å²) >= 11 is 0. The van der Waals surface area contributed by atoms with E-state index in [1.807, 2.05) is 20.2 Å². The van der Waals surface area contributed by atoms with Crippen LogP contribution in [-0.2, 0) is 4.79 Å². The van der Waals surface area contributed by atoms with Crippen molar-refractivity contribution in [1.29, 1.82) is 0 Å². The number of aliphatic imine (C=N–C) groups is 1. The highest BCUT2D eigenvalue weighted by molar-refractivity contribution is 14.0. The minimum Gasteiger partial charge on any atom is -0.355 e. The van der Waals surface area contributed by atoms with Gasteiger partial charge in [0, 0.05) is 39.6 Å². The van der Waals surface area contributed by atoms with Gasteiger partial charge >= 0.3 is 0 Å². The maximum absolute atomic E-state index is 12.7. The van der Waals surface area contributed by atoms with Crippen LogP contribution in [0.3, 0.4) is 0 Å². The van der Waals surface area contributed by atoms with Gasteiger partial charge in [0.25, 0.3) is 0 Å². The first kappa shape index (κ1) is 23.7. The van der Waals surface area contributed by atoms with Crippen LogP contribution < -0.4 is 10.6 Å². The number of amides is 1. The Balaban J connectivity index is 0.00000364. The minimum atomic E-state index is -0.296. The summed E-state index contributed by atoms with van der Waals surface area (Å²) in [5.41, 5.74) is 1.01. The van der Waals surface area contributed by atoms with Crippen molar-refractivity contribution in [2.24, 2.45) is 10.4 Å². The number of hydrogen-bond donors (Lipinski definition) is 2. The predicted molar refractivity (Wildman–Crippen MR) is 124 cm³/mol. The third-order valence-electron chi connectivity index (χ3n) is 5.68. The van der Waals surface area contributed by atoms with Crippen LogP contribution in [0.1, 0.15) is 51.0 Å². The van der Waals surface area contributed by atoms with E-state index in [9.17, 15) is 4.79 Å². The molecule has 2 N–H and O–H groups in total. The van der Waals surface area contributed by atoms with Gasteiger partial charge in [0.05, 0.1) is 5.41 Å². The summed E-state index contributed by atoms with van der Waals surface area (Å²) in [4.78, 5) is 18.8. The molecule has 0 aliphatic heterocycles. The quantitative estimate of drug-likeness (QED) is 0.367. The van der Waals surface area contributed by atoms with Crippen molar-refractivity contribution >= 4 is 35.8 Å². The molecule has 27 heavy (non-hydrogen) atoms. The van der Waals surface area contributed by atoms with Crippen molar-refractivity contribution < 1.29 is 4.79 Å². The van der Waals surface area contributed by atoms with E-state index >= 15 is 0 Å². The molecule has 0 heterocycles. The second-order valence-corrected chi connectivity index (χ2v) is 7.75. The molecule has 2 atom stereocenters. The normalized spacial score (nSPS) is 18.2. The van der Waals surface area contributed by atoms with E-state index in [0.29, 0.717) is 12.5 Å². The van der Waals surface area contributed by atoms with Gasteiger partial charge in [-0.25, -0.2) is 0 Å². The summed E-state index contributed by atoms with van der Waals surface area (Å²) in [7, 11) is 5.47. The van der Waals surface area contributed by atoms with E-state index in [-0.39, 0.29) is 41.3 Å². The van der Waals surface area contributed by atoms with Gasteiger partial charge in [0.15, 0.2) is 5.96 Å². The Hall–Kier alpha value is -1.31. The topological polar surface area (TPSA) is 56.7 Å². The standard InChI is InChI=1S/C21H34N4O.HI/c1-16(18-11-7-6-8-12-18)17(2)24-20(22-3)23-15-21(13-9-10-14-21)19(26)25(4)5;/h6-8,11-12,16-17H,9-10,13-15H2,1-5H3,(H2,22,23,24);1H. The van der Waals surface area contributed by atoms with Crippen LogP contribution in [0.15, 0.2) is 35.3 Å². The molecule has 1 aliphatic rings. The van der Waals surface area contributed by atoms with Gasteiger partial charge in [-0.05, 0) is 25.3 Å². The lowest BCUT2D eigenvalue weighted by molar-refractivity contribution is -0.138. The molecule has 5 nitrogen and oxygen atoms in total. The van der Waals surface area contributed by atoms with E-state index in [2.05, 4.69) is 53.7 Å². The monoisotopic (exact) mass is 486 g/mol. The molecule has 152 valence electrons. The lowest BCUT2D eigenvalue weighted by atomic mass is 9.84. The Kier molecular flexibility index (Phi) is 9.56. The molecule has 1 fully saturated rings. The molecule has 0 aromatic heterocycles. The minimum absolute atomic E-state index is 0. The fourth-order valence-corrected chi connectivity index (χ4v) is 3.83. The summed E-state index contributed by atoms with van der Waals surface area (Å²) in [5, 5.41) is 6.90. The van der Waals surface area contributed by atoms with Crippen LogP contribution in [0.25, 0.3) is 0 Å². The number of nitrogens with one attached hydrogen (secondary N) is 2. The van der Waals surface area contributed by atoms with Gasteiger partial charge in [-0.3, -0.25) is 9.79 Å². The molecule has 1 aromatic carbocycles. The Labute approximate surface area is 181 Å². The molecule has 1 saturated carbocycles. The highest BCUT2D eigenvalue weighted by Crippen LogP contribution is 2.38. The number of carbonyl (C=O) groups excluding carboxylic acids is 1. The van der Waals surface area contributed by atoms with E-state index in [0.717, 1.165) is 31.6 Å². The van der Waals surface area contributed by atoms with Crippen molar-refractivity contribution in [2.45, 2.75) is 51.5 Å². The molecule has 1 amide bonds. The number of nitrogens with zero attached hydrogens (tertiary/aromatic N) is 2. The Morgan fingerprint density at radius 2 is 1.78 bits per heavy atom. The number of hydrogen-bond acceptors (Lipinski definition) is 2. The van der Waals surface area contributed by atoms with Crippen LogP contribution in [0.2, 0.25) is 0 Å². The van der Waals surface area contributed by atoms with Crippen LogP contribution >= 0.6 is 24.0 Å². The van der Waals surface area contributed by atoms with Crippen molar-refractivity contribution in [2.75, 3.05) is 27.7 Å². The summed E-state index contributed by atoms with van der Waals surface area (Å²) in [6.45, 7) is 5.02. The molecule has 0 saturated heterocycles. The molecule has 1 aromatic rings. The Morgan fingerprint density at radius 3 is 2.30 bits per heavy atom. The fraction of sp³-hybridized carbons (Fsp3) is 0.619. The zero-order valence-corrected chi connectivity index (χ0v) is 19.6. The van der Waals surface area contributed by atoms with E-state index in [1.165, 1.54) is 5.56 Å². The zero-order valence-electron chi connectivity index (χ0n) is 17.3. The average molecular weight is 486 g/mol. The molecule has 0 spiro atoms. The molecule has 1 aliphatic carbocycles. The van der Waals surface area contributed by atoms with Gasteiger partial charge in [-0.2, -0.15) is 0 Å². The van der Waals surface area contributed by atoms with E-state index < -0.39 is 0 Å². The predicted octanol–water partition coefficient (Wildman–Crippen LogP) is 3.61. The molecule has 0 bridgehead atoms. The third-order valence-corrected chi connectivity index (χ3v) is 5.68.